The van der Waals surface area contributed by atoms with Gasteiger partial charge in [0.25, 0.3) is 5.56 Å². The van der Waals surface area contributed by atoms with Crippen molar-refractivity contribution >= 4 is 23.7 Å². The van der Waals surface area contributed by atoms with E-state index in [1.165, 1.54) is 10.9 Å². The third kappa shape index (κ3) is 4.10. The van der Waals surface area contributed by atoms with Crippen LogP contribution in [0, 0.1) is 6.92 Å². The first-order valence-electron chi connectivity index (χ1n) is 7.98. The molecule has 0 atom stereocenters. The van der Waals surface area contributed by atoms with Crippen LogP contribution in [0.15, 0.2) is 64.5 Å². The van der Waals surface area contributed by atoms with E-state index in [9.17, 15) is 9.59 Å². The zero-order chi connectivity index (χ0) is 18.5. The number of H-pyrrole nitrogens is 1. The molecule has 0 spiro atoms. The molecule has 0 aliphatic rings. The average Bonchev–Trinajstić information content (AvgIpc) is 2.92. The second-order valence-electron chi connectivity index (χ2n) is 5.72. The highest BCUT2D eigenvalue weighted by molar-refractivity contribution is 6.30. The zero-order valence-electron chi connectivity index (χ0n) is 14.1. The summed E-state index contributed by atoms with van der Waals surface area (Å²) in [4.78, 5) is 24.4. The molecular weight excluding hydrogens is 352 g/mol. The van der Waals surface area contributed by atoms with Crippen molar-refractivity contribution in [2.24, 2.45) is 5.10 Å². The fraction of sp³-hybridized carbons (Fsp3) is 0.105. The molecule has 0 bridgehead atoms. The van der Waals surface area contributed by atoms with Crippen molar-refractivity contribution in [2.45, 2.75) is 13.3 Å². The third-order valence-corrected chi connectivity index (χ3v) is 4.04. The van der Waals surface area contributed by atoms with Crippen molar-refractivity contribution in [3.63, 3.8) is 0 Å². The minimum absolute atomic E-state index is 0.175. The van der Waals surface area contributed by atoms with Gasteiger partial charge >= 0.3 is 0 Å². The molecule has 1 amide bonds. The lowest BCUT2D eigenvalue weighted by Gasteiger charge is -2.00. The lowest BCUT2D eigenvalue weighted by atomic mass is 10.1. The Morgan fingerprint density at radius 3 is 2.58 bits per heavy atom. The Bertz CT molecular complexity index is 989. The van der Waals surface area contributed by atoms with Gasteiger partial charge < -0.3 is 0 Å². The molecule has 132 valence electrons. The first kappa shape index (κ1) is 17.7. The van der Waals surface area contributed by atoms with E-state index in [-0.39, 0.29) is 17.9 Å². The van der Waals surface area contributed by atoms with E-state index in [0.717, 1.165) is 11.3 Å². The molecule has 0 aliphatic heterocycles. The first-order chi connectivity index (χ1) is 12.5. The summed E-state index contributed by atoms with van der Waals surface area (Å²) in [6, 6.07) is 16.2. The molecule has 3 rings (SSSR count). The van der Waals surface area contributed by atoms with Gasteiger partial charge in [-0.15, -0.1) is 0 Å². The van der Waals surface area contributed by atoms with Gasteiger partial charge in [-0.05, 0) is 36.8 Å². The number of aryl methyl sites for hydroxylation is 1. The number of rotatable bonds is 5. The summed E-state index contributed by atoms with van der Waals surface area (Å²) in [5, 5.41) is 7.52. The molecule has 1 heterocycles. The van der Waals surface area contributed by atoms with Crippen molar-refractivity contribution in [1.29, 1.82) is 0 Å². The summed E-state index contributed by atoms with van der Waals surface area (Å²) in [5.74, 6) is -0.278. The van der Waals surface area contributed by atoms with Crippen LogP contribution in [-0.4, -0.2) is 21.9 Å². The van der Waals surface area contributed by atoms with Crippen LogP contribution in [0.25, 0.3) is 5.69 Å². The van der Waals surface area contributed by atoms with Gasteiger partial charge in [-0.3, -0.25) is 14.7 Å². The summed E-state index contributed by atoms with van der Waals surface area (Å²) in [7, 11) is 0. The van der Waals surface area contributed by atoms with Gasteiger partial charge in [-0.1, -0.05) is 41.9 Å². The number of para-hydroxylation sites is 1. The van der Waals surface area contributed by atoms with Gasteiger partial charge in [0.15, 0.2) is 0 Å². The van der Waals surface area contributed by atoms with Crippen molar-refractivity contribution in [1.82, 2.24) is 15.2 Å². The van der Waals surface area contributed by atoms with Crippen LogP contribution in [0.2, 0.25) is 5.02 Å². The Kier molecular flexibility index (Phi) is 5.34. The Hall–Kier alpha value is -3.12. The molecule has 0 radical (unpaired) electrons. The standard InChI is InChI=1S/C19H17ClN4O2/c1-13-17(19(26)24(23-13)16-5-3-2-4-6-16)12-21-22-18(25)11-14-7-9-15(20)10-8-14/h2-10,12,23H,11H2,1H3,(H,22,25)/b21-12+. The van der Waals surface area contributed by atoms with Crippen molar-refractivity contribution in [2.75, 3.05) is 0 Å². The molecule has 2 aromatic carbocycles. The monoisotopic (exact) mass is 368 g/mol. The highest BCUT2D eigenvalue weighted by Gasteiger charge is 2.10. The third-order valence-electron chi connectivity index (χ3n) is 3.79. The SMILES string of the molecule is Cc1[nH]n(-c2ccccc2)c(=O)c1/C=N/NC(=O)Cc1ccc(Cl)cc1. The van der Waals surface area contributed by atoms with E-state index in [0.29, 0.717) is 16.3 Å². The van der Waals surface area contributed by atoms with Gasteiger partial charge in [-0.25, -0.2) is 10.1 Å². The molecule has 0 fully saturated rings. The van der Waals surface area contributed by atoms with Crippen LogP contribution >= 0.6 is 11.6 Å². The Labute approximate surface area is 155 Å². The van der Waals surface area contributed by atoms with Gasteiger partial charge in [0.1, 0.15) is 0 Å². The number of hydrazone groups is 1. The number of nitrogens with one attached hydrogen (secondary N) is 2. The van der Waals surface area contributed by atoms with Crippen LogP contribution in [0.5, 0.6) is 0 Å². The predicted molar refractivity (Wildman–Crippen MR) is 102 cm³/mol. The molecule has 1 aromatic heterocycles. The molecule has 2 N–H and O–H groups in total. The van der Waals surface area contributed by atoms with Crippen molar-refractivity contribution in [3.8, 4) is 5.69 Å². The van der Waals surface area contributed by atoms with Gasteiger partial charge in [0.2, 0.25) is 5.91 Å². The number of carbonyl (C=O) groups excluding carboxylic acids is 1. The van der Waals surface area contributed by atoms with E-state index in [2.05, 4.69) is 15.6 Å². The van der Waals surface area contributed by atoms with Crippen molar-refractivity contribution < 1.29 is 4.79 Å². The quantitative estimate of drug-likeness (QED) is 0.536. The minimum Gasteiger partial charge on any atom is -0.295 e. The maximum atomic E-state index is 12.5. The Morgan fingerprint density at radius 2 is 1.88 bits per heavy atom. The molecule has 0 saturated carbocycles. The lowest BCUT2D eigenvalue weighted by Crippen LogP contribution is -2.21. The van der Waals surface area contributed by atoms with E-state index in [1.54, 1.807) is 31.2 Å². The van der Waals surface area contributed by atoms with Crippen LogP contribution in [0.4, 0.5) is 0 Å². The number of carbonyl (C=O) groups is 1. The van der Waals surface area contributed by atoms with Gasteiger partial charge in [-0.2, -0.15) is 5.10 Å². The van der Waals surface area contributed by atoms with E-state index < -0.39 is 0 Å². The summed E-state index contributed by atoms with van der Waals surface area (Å²) in [6.45, 7) is 1.78. The van der Waals surface area contributed by atoms with Crippen LogP contribution < -0.4 is 11.0 Å². The number of amides is 1. The lowest BCUT2D eigenvalue weighted by molar-refractivity contribution is -0.120. The van der Waals surface area contributed by atoms with Crippen LogP contribution in [0.1, 0.15) is 16.8 Å². The number of aromatic amines is 1. The highest BCUT2D eigenvalue weighted by atomic mass is 35.5. The molecule has 0 saturated heterocycles. The zero-order valence-corrected chi connectivity index (χ0v) is 14.8. The number of benzene rings is 2. The number of nitrogens with zero attached hydrogens (tertiary/aromatic N) is 2. The van der Waals surface area contributed by atoms with Gasteiger partial charge in [0.05, 0.1) is 23.9 Å². The molecule has 6 nitrogen and oxygen atoms in total. The average molecular weight is 369 g/mol. The maximum absolute atomic E-state index is 12.5. The maximum Gasteiger partial charge on any atom is 0.280 e. The molecule has 7 heteroatoms. The fourth-order valence-corrected chi connectivity index (χ4v) is 2.59. The number of hydrogen-bond donors (Lipinski definition) is 2. The second-order valence-corrected chi connectivity index (χ2v) is 6.16. The summed E-state index contributed by atoms with van der Waals surface area (Å²) in [6.07, 6.45) is 1.53. The highest BCUT2D eigenvalue weighted by Crippen LogP contribution is 2.10. The smallest absolute Gasteiger partial charge is 0.280 e. The molecular formula is C19H17ClN4O2. The van der Waals surface area contributed by atoms with Crippen LogP contribution in [-0.2, 0) is 11.2 Å². The van der Waals surface area contributed by atoms with Crippen molar-refractivity contribution in [3.05, 3.63) is 86.8 Å². The topological polar surface area (TPSA) is 79.2 Å². The summed E-state index contributed by atoms with van der Waals surface area (Å²) < 4.78 is 1.44. The summed E-state index contributed by atoms with van der Waals surface area (Å²) in [5.41, 5.74) is 4.81. The Balaban J connectivity index is 1.69. The molecule has 0 aliphatic carbocycles. The second kappa shape index (κ2) is 7.84. The fourth-order valence-electron chi connectivity index (χ4n) is 2.47. The van der Waals surface area contributed by atoms with Gasteiger partial charge in [0, 0.05) is 10.7 Å². The minimum atomic E-state index is -0.278. The van der Waals surface area contributed by atoms with E-state index in [4.69, 9.17) is 11.6 Å². The largest absolute Gasteiger partial charge is 0.295 e. The Morgan fingerprint density at radius 1 is 1.19 bits per heavy atom. The first-order valence-corrected chi connectivity index (χ1v) is 8.36. The van der Waals surface area contributed by atoms with E-state index >= 15 is 0 Å². The van der Waals surface area contributed by atoms with Crippen LogP contribution in [0.3, 0.4) is 0 Å². The summed E-state index contributed by atoms with van der Waals surface area (Å²) >= 11 is 5.82. The normalized spacial score (nSPS) is 11.0. The molecule has 3 aromatic rings. The number of halogens is 1. The molecule has 26 heavy (non-hydrogen) atoms. The number of hydrogen-bond acceptors (Lipinski definition) is 3. The molecule has 0 unspecified atom stereocenters. The van der Waals surface area contributed by atoms with E-state index in [1.807, 2.05) is 30.3 Å². The number of aromatic nitrogens is 2. The predicted octanol–water partition coefficient (Wildman–Crippen LogP) is 2.82.